The standard InChI is InChI=1S/C21H24N2O4S/c1-12-6-7-14(13(2)10-12)15-11-28-18-17(15)19(24)23(21(3,4)20(25)26)16(22-18)8-9-27-5/h6-7,10-11H,8-9H2,1-5H3,(H,25,26). The van der Waals surface area contributed by atoms with Crippen LogP contribution in [0, 0.1) is 13.8 Å². The van der Waals surface area contributed by atoms with Gasteiger partial charge in [-0.3, -0.25) is 9.36 Å². The lowest BCUT2D eigenvalue weighted by atomic mass is 9.98. The zero-order valence-electron chi connectivity index (χ0n) is 16.7. The van der Waals surface area contributed by atoms with Gasteiger partial charge in [0.2, 0.25) is 0 Å². The average Bonchev–Trinajstić information content (AvgIpc) is 3.03. The van der Waals surface area contributed by atoms with Gasteiger partial charge in [0.25, 0.3) is 5.56 Å². The van der Waals surface area contributed by atoms with Gasteiger partial charge in [0.1, 0.15) is 16.2 Å². The Bertz CT molecular complexity index is 1110. The van der Waals surface area contributed by atoms with Gasteiger partial charge < -0.3 is 9.84 Å². The summed E-state index contributed by atoms with van der Waals surface area (Å²) in [7, 11) is 1.56. The van der Waals surface area contributed by atoms with Crippen LogP contribution in [0.2, 0.25) is 0 Å². The molecule has 0 radical (unpaired) electrons. The Morgan fingerprint density at radius 2 is 2.00 bits per heavy atom. The molecule has 0 spiro atoms. The number of carboxylic acid groups (broad SMARTS) is 1. The van der Waals surface area contributed by atoms with Crippen molar-refractivity contribution in [2.24, 2.45) is 0 Å². The Morgan fingerprint density at radius 1 is 1.29 bits per heavy atom. The van der Waals surface area contributed by atoms with E-state index in [0.717, 1.165) is 22.3 Å². The van der Waals surface area contributed by atoms with Crippen molar-refractivity contribution in [3.8, 4) is 11.1 Å². The van der Waals surface area contributed by atoms with Crippen molar-refractivity contribution in [3.05, 3.63) is 50.9 Å². The predicted octanol–water partition coefficient (Wildman–Crippen LogP) is 3.75. The molecule has 0 atom stereocenters. The number of aliphatic carboxylic acids is 1. The summed E-state index contributed by atoms with van der Waals surface area (Å²) in [5, 5.41) is 12.1. The number of ether oxygens (including phenoxy) is 1. The number of carboxylic acids is 1. The molecule has 0 bridgehead atoms. The Morgan fingerprint density at radius 3 is 2.61 bits per heavy atom. The Balaban J connectivity index is 2.35. The average molecular weight is 401 g/mol. The van der Waals surface area contributed by atoms with E-state index < -0.39 is 11.5 Å². The minimum Gasteiger partial charge on any atom is -0.480 e. The lowest BCUT2D eigenvalue weighted by molar-refractivity contribution is -0.146. The number of hydrogen-bond donors (Lipinski definition) is 1. The first-order valence-electron chi connectivity index (χ1n) is 9.02. The van der Waals surface area contributed by atoms with Crippen LogP contribution in [0.5, 0.6) is 0 Å². The summed E-state index contributed by atoms with van der Waals surface area (Å²) in [5.74, 6) is -0.668. The highest BCUT2D eigenvalue weighted by Crippen LogP contribution is 2.34. The van der Waals surface area contributed by atoms with E-state index in [9.17, 15) is 14.7 Å². The van der Waals surface area contributed by atoms with Gasteiger partial charge >= 0.3 is 5.97 Å². The molecule has 0 aliphatic rings. The molecule has 2 aromatic heterocycles. The fraction of sp³-hybridized carbons (Fsp3) is 0.381. The molecule has 28 heavy (non-hydrogen) atoms. The quantitative estimate of drug-likeness (QED) is 0.681. The number of aryl methyl sites for hydroxylation is 2. The molecule has 3 rings (SSSR count). The summed E-state index contributed by atoms with van der Waals surface area (Å²) >= 11 is 1.40. The normalized spacial score (nSPS) is 11.9. The second-order valence-electron chi connectivity index (χ2n) is 7.42. The highest BCUT2D eigenvalue weighted by atomic mass is 32.1. The smallest absolute Gasteiger partial charge is 0.329 e. The van der Waals surface area contributed by atoms with Crippen LogP contribution >= 0.6 is 11.3 Å². The summed E-state index contributed by atoms with van der Waals surface area (Å²) in [6.07, 6.45) is 0.356. The Kier molecular flexibility index (Phi) is 5.41. The first-order chi connectivity index (χ1) is 13.2. The van der Waals surface area contributed by atoms with Crippen molar-refractivity contribution in [2.45, 2.75) is 39.7 Å². The van der Waals surface area contributed by atoms with Crippen LogP contribution in [0.15, 0.2) is 28.4 Å². The molecular formula is C21H24N2O4S. The monoisotopic (exact) mass is 400 g/mol. The van der Waals surface area contributed by atoms with Crippen molar-refractivity contribution < 1.29 is 14.6 Å². The molecule has 0 saturated heterocycles. The number of nitrogens with zero attached hydrogens (tertiary/aromatic N) is 2. The van der Waals surface area contributed by atoms with Crippen molar-refractivity contribution >= 4 is 27.5 Å². The molecule has 7 heteroatoms. The van der Waals surface area contributed by atoms with Crippen molar-refractivity contribution in [1.82, 2.24) is 9.55 Å². The highest BCUT2D eigenvalue weighted by Gasteiger charge is 2.34. The summed E-state index contributed by atoms with van der Waals surface area (Å²) in [5.41, 5.74) is 2.20. The lowest BCUT2D eigenvalue weighted by Crippen LogP contribution is -2.45. The number of fused-ring (bicyclic) bond motifs is 1. The number of methoxy groups -OCH3 is 1. The van der Waals surface area contributed by atoms with Crippen LogP contribution in [0.4, 0.5) is 0 Å². The van der Waals surface area contributed by atoms with Crippen LogP contribution in [0.25, 0.3) is 21.3 Å². The zero-order valence-corrected chi connectivity index (χ0v) is 17.5. The van der Waals surface area contributed by atoms with Gasteiger partial charge in [0.15, 0.2) is 0 Å². The van der Waals surface area contributed by atoms with E-state index in [1.165, 1.54) is 29.8 Å². The highest BCUT2D eigenvalue weighted by molar-refractivity contribution is 7.17. The first kappa shape index (κ1) is 20.2. The molecule has 6 nitrogen and oxygen atoms in total. The molecule has 0 unspecified atom stereocenters. The Labute approximate surface area is 167 Å². The van der Waals surface area contributed by atoms with Gasteiger partial charge in [-0.25, -0.2) is 9.78 Å². The third-order valence-electron chi connectivity index (χ3n) is 4.96. The number of rotatable bonds is 6. The second-order valence-corrected chi connectivity index (χ2v) is 8.28. The fourth-order valence-electron chi connectivity index (χ4n) is 3.38. The van der Waals surface area contributed by atoms with Crippen molar-refractivity contribution in [1.29, 1.82) is 0 Å². The van der Waals surface area contributed by atoms with Crippen LogP contribution in [0.1, 0.15) is 30.8 Å². The summed E-state index contributed by atoms with van der Waals surface area (Å²) in [6.45, 7) is 7.41. The molecule has 0 saturated carbocycles. The number of benzene rings is 1. The van der Waals surface area contributed by atoms with E-state index in [0.29, 0.717) is 29.1 Å². The maximum atomic E-state index is 13.5. The van der Waals surface area contributed by atoms with Gasteiger partial charge in [0.05, 0.1) is 12.0 Å². The minimum atomic E-state index is -1.43. The third-order valence-corrected chi connectivity index (χ3v) is 5.83. The summed E-state index contributed by atoms with van der Waals surface area (Å²) in [6, 6.07) is 6.07. The zero-order chi connectivity index (χ0) is 20.6. The molecule has 148 valence electrons. The summed E-state index contributed by atoms with van der Waals surface area (Å²) < 4.78 is 6.43. The molecule has 3 aromatic rings. The number of hydrogen-bond acceptors (Lipinski definition) is 5. The molecule has 0 aliphatic heterocycles. The molecular weight excluding hydrogens is 376 g/mol. The van der Waals surface area contributed by atoms with Crippen molar-refractivity contribution in [3.63, 3.8) is 0 Å². The molecule has 1 N–H and O–H groups in total. The third kappa shape index (κ3) is 3.36. The van der Waals surface area contributed by atoms with E-state index in [1.54, 1.807) is 7.11 Å². The van der Waals surface area contributed by atoms with Crippen LogP contribution < -0.4 is 5.56 Å². The van der Waals surface area contributed by atoms with Crippen LogP contribution in [0.3, 0.4) is 0 Å². The number of carbonyl (C=O) groups is 1. The molecule has 2 heterocycles. The number of aromatic nitrogens is 2. The Hall–Kier alpha value is -2.51. The van der Waals surface area contributed by atoms with E-state index in [1.807, 2.05) is 31.4 Å². The fourth-order valence-corrected chi connectivity index (χ4v) is 4.33. The lowest BCUT2D eigenvalue weighted by Gasteiger charge is -2.25. The largest absolute Gasteiger partial charge is 0.480 e. The molecule has 0 fully saturated rings. The van der Waals surface area contributed by atoms with Gasteiger partial charge in [-0.05, 0) is 38.8 Å². The maximum absolute atomic E-state index is 13.5. The SMILES string of the molecule is COCCc1nc2scc(-c3ccc(C)cc3C)c2c(=O)n1C(C)(C)C(=O)O. The topological polar surface area (TPSA) is 81.4 Å². The molecule has 0 amide bonds. The predicted molar refractivity (Wildman–Crippen MR) is 111 cm³/mol. The number of thiophene rings is 1. The van der Waals surface area contributed by atoms with Gasteiger partial charge in [0, 0.05) is 24.5 Å². The van der Waals surface area contributed by atoms with E-state index in [4.69, 9.17) is 4.74 Å². The van der Waals surface area contributed by atoms with E-state index in [-0.39, 0.29) is 5.56 Å². The minimum absolute atomic E-state index is 0.334. The van der Waals surface area contributed by atoms with Gasteiger partial charge in [-0.1, -0.05) is 23.8 Å². The first-order valence-corrected chi connectivity index (χ1v) is 9.90. The van der Waals surface area contributed by atoms with Crippen LogP contribution in [-0.2, 0) is 21.5 Å². The van der Waals surface area contributed by atoms with Crippen molar-refractivity contribution in [2.75, 3.05) is 13.7 Å². The van der Waals surface area contributed by atoms with Crippen LogP contribution in [-0.4, -0.2) is 34.3 Å². The maximum Gasteiger partial charge on any atom is 0.329 e. The van der Waals surface area contributed by atoms with Gasteiger partial charge in [-0.15, -0.1) is 11.3 Å². The summed E-state index contributed by atoms with van der Waals surface area (Å²) in [4.78, 5) is 30.7. The second kappa shape index (κ2) is 7.48. The van der Waals surface area contributed by atoms with E-state index >= 15 is 0 Å². The molecule has 1 aromatic carbocycles. The van der Waals surface area contributed by atoms with E-state index in [2.05, 4.69) is 11.1 Å². The molecule has 0 aliphatic carbocycles. The van der Waals surface area contributed by atoms with Gasteiger partial charge in [-0.2, -0.15) is 0 Å².